The van der Waals surface area contributed by atoms with Crippen molar-refractivity contribution in [2.24, 2.45) is 5.41 Å². The summed E-state index contributed by atoms with van der Waals surface area (Å²) in [6.45, 7) is 1.15. The van der Waals surface area contributed by atoms with E-state index in [9.17, 15) is 9.13 Å². The van der Waals surface area contributed by atoms with Crippen LogP contribution in [-0.4, -0.2) is 25.6 Å². The van der Waals surface area contributed by atoms with Crippen LogP contribution in [0.4, 0.5) is 0 Å². The largest absolute Gasteiger partial charge is 0.322 e. The van der Waals surface area contributed by atoms with E-state index < -0.39 is 15.5 Å². The van der Waals surface area contributed by atoms with Gasteiger partial charge < -0.3 is 13.6 Å². The first-order chi connectivity index (χ1) is 6.20. The molecule has 2 saturated heterocycles. The zero-order valence-electron chi connectivity index (χ0n) is 6.78. The molecule has 0 bridgehead atoms. The van der Waals surface area contributed by atoms with Crippen molar-refractivity contribution in [3.8, 4) is 0 Å². The van der Waals surface area contributed by atoms with Gasteiger partial charge in [-0.15, -0.1) is 0 Å². The second kappa shape index (κ2) is 4.05. The van der Waals surface area contributed by atoms with Crippen LogP contribution < -0.4 is 0 Å². The minimum absolute atomic E-state index is 0.234. The fraction of sp³-hybridized carbons (Fsp3) is 1.00. The second-order valence-electron chi connectivity index (χ2n) is 3.15. The zero-order chi connectivity index (χ0) is 9.31. The van der Waals surface area contributed by atoms with Crippen molar-refractivity contribution in [3.63, 3.8) is 0 Å². The molecule has 1 atom stereocenters. The number of hydrogen-bond donors (Lipinski definition) is 0. The third-order valence-electron chi connectivity index (χ3n) is 1.98. The third kappa shape index (κ3) is 2.38. The SMILES string of the molecule is O=[PH]1OCC2(CO1)CO[PH](=O)SC2. The van der Waals surface area contributed by atoms with E-state index in [2.05, 4.69) is 0 Å². The predicted molar refractivity (Wildman–Crippen MR) is 50.8 cm³/mol. The van der Waals surface area contributed by atoms with Gasteiger partial charge >= 0.3 is 8.25 Å². The zero-order valence-corrected chi connectivity index (χ0v) is 9.59. The van der Waals surface area contributed by atoms with Gasteiger partial charge in [-0.2, -0.15) is 0 Å². The molecule has 0 aromatic heterocycles. The first kappa shape index (κ1) is 10.2. The van der Waals surface area contributed by atoms with Crippen molar-refractivity contribution in [2.75, 3.05) is 25.6 Å². The summed E-state index contributed by atoms with van der Waals surface area (Å²) < 4.78 is 36.7. The average molecular weight is 244 g/mol. The Hall–Kier alpha value is 0.690. The Balaban J connectivity index is 1.98. The lowest BCUT2D eigenvalue weighted by Gasteiger charge is -2.37. The molecule has 2 aliphatic rings. The molecule has 0 N–H and O–H groups in total. The van der Waals surface area contributed by atoms with Gasteiger partial charge in [0.1, 0.15) is 0 Å². The average Bonchev–Trinajstić information content (AvgIpc) is 2.16. The van der Waals surface area contributed by atoms with Crippen molar-refractivity contribution in [1.29, 1.82) is 0 Å². The van der Waals surface area contributed by atoms with Crippen LogP contribution in [0.5, 0.6) is 0 Å². The lowest BCUT2D eigenvalue weighted by Crippen LogP contribution is -2.41. The first-order valence-corrected chi connectivity index (χ1v) is 8.05. The molecule has 0 aromatic carbocycles. The van der Waals surface area contributed by atoms with Crippen LogP contribution in [0.3, 0.4) is 0 Å². The number of rotatable bonds is 0. The molecular formula is C5H10O5P2S. The summed E-state index contributed by atoms with van der Waals surface area (Å²) in [5, 5.41) is 0. The summed E-state index contributed by atoms with van der Waals surface area (Å²) in [7, 11) is -4.16. The van der Waals surface area contributed by atoms with Gasteiger partial charge in [-0.05, 0) is 0 Å². The molecule has 2 heterocycles. The monoisotopic (exact) mass is 244 g/mol. The Bertz CT molecular complexity index is 208. The molecule has 2 fully saturated rings. The Labute approximate surface area is 81.1 Å². The molecule has 1 spiro atoms. The fourth-order valence-electron chi connectivity index (χ4n) is 1.18. The van der Waals surface area contributed by atoms with Crippen LogP contribution in [0.2, 0.25) is 0 Å². The van der Waals surface area contributed by atoms with Crippen molar-refractivity contribution in [2.45, 2.75) is 0 Å². The summed E-state index contributed by atoms with van der Waals surface area (Å²) in [5.41, 5.74) is -0.234. The van der Waals surface area contributed by atoms with Crippen molar-refractivity contribution < 1.29 is 22.7 Å². The Morgan fingerprint density at radius 3 is 2.23 bits per heavy atom. The Morgan fingerprint density at radius 1 is 1.08 bits per heavy atom. The Morgan fingerprint density at radius 2 is 1.69 bits per heavy atom. The highest BCUT2D eigenvalue weighted by molar-refractivity contribution is 8.50. The lowest BCUT2D eigenvalue weighted by atomic mass is 9.94. The van der Waals surface area contributed by atoms with Crippen LogP contribution in [0, 0.1) is 5.41 Å². The number of hydrogen-bond acceptors (Lipinski definition) is 6. The molecule has 2 aliphatic heterocycles. The van der Waals surface area contributed by atoms with Crippen LogP contribution in [-0.2, 0) is 22.7 Å². The second-order valence-corrected chi connectivity index (χ2v) is 7.46. The molecule has 8 heteroatoms. The fourth-order valence-corrected chi connectivity index (χ4v) is 4.99. The van der Waals surface area contributed by atoms with E-state index in [1.165, 1.54) is 11.4 Å². The summed E-state index contributed by atoms with van der Waals surface area (Å²) in [4.78, 5) is 0. The molecule has 0 aromatic rings. The minimum Gasteiger partial charge on any atom is -0.322 e. The summed E-state index contributed by atoms with van der Waals surface area (Å²) in [6, 6.07) is 0. The highest BCUT2D eigenvalue weighted by atomic mass is 32.7. The summed E-state index contributed by atoms with van der Waals surface area (Å²) in [6.07, 6.45) is 0. The maximum Gasteiger partial charge on any atom is 0.319 e. The van der Waals surface area contributed by atoms with Crippen molar-refractivity contribution >= 4 is 26.9 Å². The highest BCUT2D eigenvalue weighted by Crippen LogP contribution is 2.51. The van der Waals surface area contributed by atoms with Gasteiger partial charge in [0.15, 0.2) is 0 Å². The molecule has 0 radical (unpaired) electrons. The van der Waals surface area contributed by atoms with Crippen LogP contribution in [0.1, 0.15) is 0 Å². The van der Waals surface area contributed by atoms with Crippen LogP contribution in [0.15, 0.2) is 0 Å². The molecule has 2 rings (SSSR count). The van der Waals surface area contributed by atoms with Gasteiger partial charge in [-0.3, -0.25) is 9.13 Å². The van der Waals surface area contributed by atoms with Crippen LogP contribution in [0.25, 0.3) is 0 Å². The van der Waals surface area contributed by atoms with Crippen LogP contribution >= 0.6 is 26.9 Å². The molecule has 13 heavy (non-hydrogen) atoms. The van der Waals surface area contributed by atoms with Crippen molar-refractivity contribution in [1.82, 2.24) is 0 Å². The minimum atomic E-state index is -2.26. The summed E-state index contributed by atoms with van der Waals surface area (Å²) >= 11 is 1.30. The molecular weight excluding hydrogens is 234 g/mol. The van der Waals surface area contributed by atoms with E-state index in [4.69, 9.17) is 13.6 Å². The van der Waals surface area contributed by atoms with Gasteiger partial charge in [0.2, 0.25) is 7.23 Å². The normalized spacial score (nSPS) is 46.5. The molecule has 76 valence electrons. The van der Waals surface area contributed by atoms with Gasteiger partial charge in [0.05, 0.1) is 25.2 Å². The lowest BCUT2D eigenvalue weighted by molar-refractivity contribution is 0.0118. The van der Waals surface area contributed by atoms with E-state index in [0.29, 0.717) is 25.6 Å². The standard InChI is InChI=1S/C5H10O5P2S/c6-11-8-1-5(2-9-11)3-10-12(7)13-4-5/h11-12H,1-4H2. The molecule has 1 unspecified atom stereocenters. The van der Waals surface area contributed by atoms with Crippen molar-refractivity contribution in [3.05, 3.63) is 0 Å². The molecule has 0 saturated carbocycles. The highest BCUT2D eigenvalue weighted by Gasteiger charge is 2.40. The predicted octanol–water partition coefficient (Wildman–Crippen LogP) is 1.56. The summed E-state index contributed by atoms with van der Waals surface area (Å²) in [5.74, 6) is 0.694. The first-order valence-electron chi connectivity index (χ1n) is 3.79. The van der Waals surface area contributed by atoms with E-state index >= 15 is 0 Å². The smallest absolute Gasteiger partial charge is 0.319 e. The van der Waals surface area contributed by atoms with Gasteiger partial charge in [-0.1, -0.05) is 11.4 Å². The third-order valence-corrected chi connectivity index (χ3v) is 5.61. The van der Waals surface area contributed by atoms with E-state index in [1.807, 2.05) is 0 Å². The maximum absolute atomic E-state index is 10.9. The van der Waals surface area contributed by atoms with Gasteiger partial charge in [0.25, 0.3) is 0 Å². The van der Waals surface area contributed by atoms with Gasteiger partial charge in [-0.25, -0.2) is 0 Å². The van der Waals surface area contributed by atoms with E-state index in [1.54, 1.807) is 0 Å². The van der Waals surface area contributed by atoms with E-state index in [0.717, 1.165) is 0 Å². The topological polar surface area (TPSA) is 61.8 Å². The van der Waals surface area contributed by atoms with Gasteiger partial charge in [0, 0.05) is 5.75 Å². The van der Waals surface area contributed by atoms with E-state index in [-0.39, 0.29) is 5.41 Å². The Kier molecular flexibility index (Phi) is 3.18. The maximum atomic E-state index is 10.9. The molecule has 0 aliphatic carbocycles. The molecule has 0 amide bonds. The quantitative estimate of drug-likeness (QED) is 0.602. The molecule has 5 nitrogen and oxygen atoms in total.